The minimum absolute atomic E-state index is 0.158. The molecule has 2 N–H and O–H groups in total. The van der Waals surface area contributed by atoms with E-state index in [0.717, 1.165) is 48.6 Å². The van der Waals surface area contributed by atoms with Crippen molar-refractivity contribution in [1.29, 1.82) is 0 Å². The van der Waals surface area contributed by atoms with Crippen molar-refractivity contribution in [2.75, 3.05) is 5.32 Å². The van der Waals surface area contributed by atoms with E-state index in [-0.39, 0.29) is 11.7 Å². The van der Waals surface area contributed by atoms with Gasteiger partial charge in [-0.25, -0.2) is 0 Å². The molecule has 2 aromatic heterocycles. The Hall–Kier alpha value is -4.20. The Bertz CT molecular complexity index is 1300. The molecule has 0 radical (unpaired) electrons. The molecule has 1 aliphatic rings. The third kappa shape index (κ3) is 5.32. The van der Waals surface area contributed by atoms with Gasteiger partial charge in [0.2, 0.25) is 5.91 Å². The maximum absolute atomic E-state index is 13.3. The quantitative estimate of drug-likeness (QED) is 0.421. The van der Waals surface area contributed by atoms with Gasteiger partial charge < -0.3 is 19.6 Å². The number of amides is 2. The van der Waals surface area contributed by atoms with Crippen LogP contribution in [0.2, 0.25) is 0 Å². The van der Waals surface area contributed by atoms with Crippen LogP contribution < -0.4 is 10.6 Å². The first-order valence-electron chi connectivity index (χ1n) is 11.9. The number of aromatic nitrogens is 3. The molecule has 178 valence electrons. The molecule has 2 amide bonds. The second-order valence-corrected chi connectivity index (χ2v) is 8.67. The molecule has 0 fully saturated rings. The molecule has 8 heteroatoms. The average Bonchev–Trinajstić information content (AvgIpc) is 3.50. The SMILES string of the molecule is O=C(N[C@@H](Cc1ccccc1)C(=O)Nc1cccc(-c2nnc3n2CCCCC3)c1)c1ccco1. The van der Waals surface area contributed by atoms with Crippen LogP contribution in [0.1, 0.15) is 41.2 Å². The number of furan rings is 1. The van der Waals surface area contributed by atoms with Gasteiger partial charge in [-0.2, -0.15) is 0 Å². The molecule has 1 aliphatic heterocycles. The van der Waals surface area contributed by atoms with Crippen molar-refractivity contribution in [2.45, 2.75) is 44.7 Å². The summed E-state index contributed by atoms with van der Waals surface area (Å²) in [6.45, 7) is 0.895. The highest BCUT2D eigenvalue weighted by Gasteiger charge is 2.24. The van der Waals surface area contributed by atoms with E-state index in [1.807, 2.05) is 54.6 Å². The van der Waals surface area contributed by atoms with Gasteiger partial charge in [-0.3, -0.25) is 9.59 Å². The molecule has 0 aliphatic carbocycles. The van der Waals surface area contributed by atoms with Crippen molar-refractivity contribution in [3.8, 4) is 11.4 Å². The van der Waals surface area contributed by atoms with Crippen LogP contribution >= 0.6 is 0 Å². The Balaban J connectivity index is 1.36. The van der Waals surface area contributed by atoms with E-state index >= 15 is 0 Å². The summed E-state index contributed by atoms with van der Waals surface area (Å²) in [5.41, 5.74) is 2.46. The Labute approximate surface area is 203 Å². The molecule has 5 rings (SSSR count). The van der Waals surface area contributed by atoms with E-state index in [4.69, 9.17) is 4.42 Å². The minimum Gasteiger partial charge on any atom is -0.459 e. The Morgan fingerprint density at radius 2 is 1.86 bits per heavy atom. The van der Waals surface area contributed by atoms with Crippen LogP contribution in [0, 0.1) is 0 Å². The molecule has 2 aromatic carbocycles. The van der Waals surface area contributed by atoms with E-state index in [0.29, 0.717) is 12.1 Å². The summed E-state index contributed by atoms with van der Waals surface area (Å²) in [5, 5.41) is 14.6. The lowest BCUT2D eigenvalue weighted by Crippen LogP contribution is -2.45. The van der Waals surface area contributed by atoms with Crippen LogP contribution in [-0.2, 0) is 24.2 Å². The zero-order valence-corrected chi connectivity index (χ0v) is 19.3. The first-order chi connectivity index (χ1) is 17.2. The maximum atomic E-state index is 13.3. The molecule has 35 heavy (non-hydrogen) atoms. The van der Waals surface area contributed by atoms with Gasteiger partial charge in [0.05, 0.1) is 6.26 Å². The molecule has 0 saturated heterocycles. The summed E-state index contributed by atoms with van der Waals surface area (Å²) in [6.07, 6.45) is 6.12. The number of hydrogen-bond acceptors (Lipinski definition) is 5. The molecule has 8 nitrogen and oxygen atoms in total. The van der Waals surface area contributed by atoms with Crippen molar-refractivity contribution >= 4 is 17.5 Å². The van der Waals surface area contributed by atoms with Crippen LogP contribution in [0.4, 0.5) is 5.69 Å². The second-order valence-electron chi connectivity index (χ2n) is 8.67. The highest BCUT2D eigenvalue weighted by Crippen LogP contribution is 2.25. The standard InChI is InChI=1S/C27H27N5O3/c33-26(22(17-19-9-3-1-4-10-19)29-27(34)23-13-8-16-35-23)28-21-12-7-11-20(18-21)25-31-30-24-14-5-2-6-15-32(24)25/h1,3-4,7-13,16,18,22H,2,5-6,14-15,17H2,(H,28,33)(H,29,34)/t22-/m0/s1. The zero-order valence-electron chi connectivity index (χ0n) is 19.3. The summed E-state index contributed by atoms with van der Waals surface area (Å²) in [4.78, 5) is 25.9. The zero-order chi connectivity index (χ0) is 24.0. The van der Waals surface area contributed by atoms with Crippen molar-refractivity contribution < 1.29 is 14.0 Å². The first-order valence-corrected chi connectivity index (χ1v) is 11.9. The van der Waals surface area contributed by atoms with E-state index < -0.39 is 11.9 Å². The maximum Gasteiger partial charge on any atom is 0.287 e. The monoisotopic (exact) mass is 469 g/mol. The van der Waals surface area contributed by atoms with E-state index in [1.165, 1.54) is 12.7 Å². The second kappa shape index (κ2) is 10.4. The third-order valence-electron chi connectivity index (χ3n) is 6.15. The fourth-order valence-electron chi connectivity index (χ4n) is 4.36. The van der Waals surface area contributed by atoms with Gasteiger partial charge in [-0.15, -0.1) is 10.2 Å². The molecule has 0 unspecified atom stereocenters. The van der Waals surface area contributed by atoms with Gasteiger partial charge in [0, 0.05) is 30.6 Å². The molecule has 0 spiro atoms. The van der Waals surface area contributed by atoms with Crippen molar-refractivity contribution in [1.82, 2.24) is 20.1 Å². The van der Waals surface area contributed by atoms with Crippen LogP contribution in [0.5, 0.6) is 0 Å². The number of rotatable bonds is 7. The smallest absolute Gasteiger partial charge is 0.287 e. The minimum atomic E-state index is -0.789. The van der Waals surface area contributed by atoms with E-state index in [2.05, 4.69) is 25.4 Å². The number of anilines is 1. The Morgan fingerprint density at radius 1 is 0.971 bits per heavy atom. The van der Waals surface area contributed by atoms with Crippen LogP contribution in [0.3, 0.4) is 0 Å². The summed E-state index contributed by atoms with van der Waals surface area (Å²) in [5.74, 6) is 1.22. The predicted octanol–water partition coefficient (Wildman–Crippen LogP) is 4.24. The number of carbonyl (C=O) groups excluding carboxylic acids is 2. The number of nitrogens with zero attached hydrogens (tertiary/aromatic N) is 3. The number of fused-ring (bicyclic) bond motifs is 1. The number of hydrogen-bond donors (Lipinski definition) is 2. The lowest BCUT2D eigenvalue weighted by atomic mass is 10.0. The van der Waals surface area contributed by atoms with Gasteiger partial charge in [-0.1, -0.05) is 48.9 Å². The first kappa shape index (κ1) is 22.6. The number of aryl methyl sites for hydroxylation is 1. The summed E-state index contributed by atoms with van der Waals surface area (Å²) in [6, 6.07) is 19.6. The fourth-order valence-corrected chi connectivity index (χ4v) is 4.36. The Kier molecular flexibility index (Phi) is 6.70. The van der Waals surface area contributed by atoms with Gasteiger partial charge in [-0.05, 0) is 42.7 Å². The van der Waals surface area contributed by atoms with Gasteiger partial charge in [0.1, 0.15) is 11.9 Å². The Morgan fingerprint density at radius 3 is 2.69 bits per heavy atom. The average molecular weight is 470 g/mol. The van der Waals surface area contributed by atoms with Crippen molar-refractivity contribution in [3.63, 3.8) is 0 Å². The lowest BCUT2D eigenvalue weighted by molar-refractivity contribution is -0.118. The molecule has 0 bridgehead atoms. The topological polar surface area (TPSA) is 102 Å². The highest BCUT2D eigenvalue weighted by molar-refractivity contribution is 6.00. The fraction of sp³-hybridized carbons (Fsp3) is 0.259. The molecule has 1 atom stereocenters. The van der Waals surface area contributed by atoms with E-state index in [9.17, 15) is 9.59 Å². The molecular formula is C27H27N5O3. The van der Waals surface area contributed by atoms with Crippen molar-refractivity contribution in [2.24, 2.45) is 0 Å². The predicted molar refractivity (Wildman–Crippen MR) is 132 cm³/mol. The third-order valence-corrected chi connectivity index (χ3v) is 6.15. The summed E-state index contributed by atoms with van der Waals surface area (Å²) in [7, 11) is 0. The summed E-state index contributed by atoms with van der Waals surface area (Å²) >= 11 is 0. The number of carbonyl (C=O) groups is 2. The molecule has 0 saturated carbocycles. The summed E-state index contributed by atoms with van der Waals surface area (Å²) < 4.78 is 7.37. The van der Waals surface area contributed by atoms with Gasteiger partial charge in [0.15, 0.2) is 11.6 Å². The number of benzene rings is 2. The molecular weight excluding hydrogens is 442 g/mol. The van der Waals surface area contributed by atoms with Crippen LogP contribution in [0.15, 0.2) is 77.4 Å². The largest absolute Gasteiger partial charge is 0.459 e. The van der Waals surface area contributed by atoms with Crippen LogP contribution in [0.25, 0.3) is 11.4 Å². The highest BCUT2D eigenvalue weighted by atomic mass is 16.3. The van der Waals surface area contributed by atoms with E-state index in [1.54, 1.807) is 12.1 Å². The normalized spacial score (nSPS) is 13.9. The van der Waals surface area contributed by atoms with Crippen molar-refractivity contribution in [3.05, 3.63) is 90.1 Å². The molecule has 4 aromatic rings. The van der Waals surface area contributed by atoms with Gasteiger partial charge in [0.25, 0.3) is 5.91 Å². The number of nitrogens with one attached hydrogen (secondary N) is 2. The van der Waals surface area contributed by atoms with Gasteiger partial charge >= 0.3 is 0 Å². The molecule has 3 heterocycles. The van der Waals surface area contributed by atoms with Crippen LogP contribution in [-0.4, -0.2) is 32.6 Å². The lowest BCUT2D eigenvalue weighted by Gasteiger charge is -2.18.